The number of hydrogen-bond donors (Lipinski definition) is 0. The summed E-state index contributed by atoms with van der Waals surface area (Å²) in [6.45, 7) is 0. The van der Waals surface area contributed by atoms with Crippen LogP contribution in [0.25, 0.3) is 86.3 Å². The highest BCUT2D eigenvalue weighted by Gasteiger charge is 2.17. The van der Waals surface area contributed by atoms with Gasteiger partial charge in [0.15, 0.2) is 0 Å². The molecule has 0 N–H and O–H groups in total. The number of anilines is 3. The first-order valence-electron chi connectivity index (χ1n) is 18.7. The summed E-state index contributed by atoms with van der Waals surface area (Å²) in [6, 6.07) is 72.3. The van der Waals surface area contributed by atoms with Crippen molar-refractivity contribution in [2.24, 2.45) is 0 Å². The van der Waals surface area contributed by atoms with Gasteiger partial charge in [-0.3, -0.25) is 0 Å². The summed E-state index contributed by atoms with van der Waals surface area (Å²) < 4.78 is 8.93. The molecular weight excluding hydrogens is 687 g/mol. The van der Waals surface area contributed by atoms with Gasteiger partial charge < -0.3 is 9.32 Å². The van der Waals surface area contributed by atoms with Gasteiger partial charge in [0.2, 0.25) is 0 Å². The SMILES string of the molecule is c1cc(-c2ccc3c(c2)oc2ccccc23)cc(N(c2ccc(-c3cccc4ccccc34)cc2)c2cccc(-c3ccc4sc5ccccc5c4c3)c2)c1. The van der Waals surface area contributed by atoms with E-state index in [9.17, 15) is 0 Å². The highest BCUT2D eigenvalue weighted by atomic mass is 32.1. The average molecular weight is 720 g/mol. The van der Waals surface area contributed by atoms with Crippen LogP contribution in [0.4, 0.5) is 17.1 Å². The van der Waals surface area contributed by atoms with Crippen molar-refractivity contribution < 1.29 is 4.42 Å². The highest BCUT2D eigenvalue weighted by Crippen LogP contribution is 2.42. The number of hydrogen-bond acceptors (Lipinski definition) is 3. The zero-order chi connectivity index (χ0) is 36.3. The van der Waals surface area contributed by atoms with Crippen LogP contribution in [0.1, 0.15) is 0 Å². The van der Waals surface area contributed by atoms with Crippen LogP contribution in [0, 0.1) is 0 Å². The van der Waals surface area contributed by atoms with Gasteiger partial charge in [-0.05, 0) is 117 Å². The van der Waals surface area contributed by atoms with E-state index in [1.165, 1.54) is 53.2 Å². The molecule has 11 aromatic rings. The van der Waals surface area contributed by atoms with Crippen LogP contribution < -0.4 is 4.90 Å². The number of thiophene rings is 1. The van der Waals surface area contributed by atoms with E-state index in [0.29, 0.717) is 0 Å². The van der Waals surface area contributed by atoms with Gasteiger partial charge in [-0.2, -0.15) is 0 Å². The third-order valence-corrected chi connectivity index (χ3v) is 12.0. The molecule has 2 nitrogen and oxygen atoms in total. The minimum Gasteiger partial charge on any atom is -0.456 e. The first-order valence-corrected chi connectivity index (χ1v) is 19.5. The third-order valence-electron chi connectivity index (χ3n) is 10.9. The molecule has 0 atom stereocenters. The monoisotopic (exact) mass is 719 g/mol. The van der Waals surface area contributed by atoms with Crippen molar-refractivity contribution >= 4 is 81.3 Å². The van der Waals surface area contributed by atoms with Crippen LogP contribution in [0.5, 0.6) is 0 Å². The summed E-state index contributed by atoms with van der Waals surface area (Å²) in [6.07, 6.45) is 0. The minimum absolute atomic E-state index is 0.896. The fourth-order valence-corrected chi connectivity index (χ4v) is 9.26. The number of nitrogens with zero attached hydrogens (tertiary/aromatic N) is 1. The minimum atomic E-state index is 0.896. The molecule has 0 amide bonds. The lowest BCUT2D eigenvalue weighted by molar-refractivity contribution is 0.669. The largest absolute Gasteiger partial charge is 0.456 e. The summed E-state index contributed by atoms with van der Waals surface area (Å²) in [4.78, 5) is 2.37. The average Bonchev–Trinajstić information content (AvgIpc) is 3.82. The normalized spacial score (nSPS) is 11.6. The summed E-state index contributed by atoms with van der Waals surface area (Å²) >= 11 is 1.85. The first kappa shape index (κ1) is 31.6. The van der Waals surface area contributed by atoms with Crippen molar-refractivity contribution in [1.29, 1.82) is 0 Å². The summed E-state index contributed by atoms with van der Waals surface area (Å²) in [5, 5.41) is 7.39. The Balaban J connectivity index is 1.04. The first-order chi connectivity index (χ1) is 27.2. The van der Waals surface area contributed by atoms with Crippen LogP contribution in [-0.2, 0) is 0 Å². The van der Waals surface area contributed by atoms with Gasteiger partial charge in [0.1, 0.15) is 11.2 Å². The second-order valence-electron chi connectivity index (χ2n) is 14.1. The molecular formula is C52H33NOS. The molecule has 0 aliphatic rings. The Morgan fingerprint density at radius 3 is 1.73 bits per heavy atom. The van der Waals surface area contributed by atoms with E-state index in [1.54, 1.807) is 0 Å². The van der Waals surface area contributed by atoms with E-state index in [0.717, 1.165) is 50.1 Å². The number of benzene rings is 9. The Morgan fingerprint density at radius 2 is 0.909 bits per heavy atom. The Bertz CT molecular complexity index is 3220. The maximum atomic E-state index is 6.30. The van der Waals surface area contributed by atoms with Crippen molar-refractivity contribution in [1.82, 2.24) is 0 Å². The Labute approximate surface area is 322 Å². The molecule has 0 radical (unpaired) electrons. The van der Waals surface area contributed by atoms with Gasteiger partial charge in [0.05, 0.1) is 0 Å². The van der Waals surface area contributed by atoms with Gasteiger partial charge in [0.25, 0.3) is 0 Å². The summed E-state index contributed by atoms with van der Waals surface area (Å²) in [5.74, 6) is 0. The molecule has 0 aliphatic heterocycles. The topological polar surface area (TPSA) is 16.4 Å². The fourth-order valence-electron chi connectivity index (χ4n) is 8.17. The molecule has 0 spiro atoms. The van der Waals surface area contributed by atoms with Crippen molar-refractivity contribution in [2.75, 3.05) is 4.90 Å². The third kappa shape index (κ3) is 5.48. The van der Waals surface area contributed by atoms with E-state index in [4.69, 9.17) is 4.42 Å². The standard InChI is InChI=1S/C52H33NOS/c1-2-16-43-34(10-1)11-9-19-44(43)35-22-26-40(27-23-35)53(41-14-7-12-36(30-41)38-25-29-52-48(32-38)47-18-4-6-21-51(47)55-52)42-15-8-13-37(31-42)39-24-28-46-45-17-3-5-20-49(45)54-50(46)33-39/h1-33H. The van der Waals surface area contributed by atoms with Crippen LogP contribution in [0.3, 0.4) is 0 Å². The fraction of sp³-hybridized carbons (Fsp3) is 0. The van der Waals surface area contributed by atoms with Crippen LogP contribution >= 0.6 is 11.3 Å². The lowest BCUT2D eigenvalue weighted by atomic mass is 9.97. The van der Waals surface area contributed by atoms with Gasteiger partial charge in [-0.15, -0.1) is 11.3 Å². The van der Waals surface area contributed by atoms with E-state index in [-0.39, 0.29) is 0 Å². The second kappa shape index (κ2) is 12.9. The van der Waals surface area contributed by atoms with Crippen molar-refractivity contribution in [3.05, 3.63) is 200 Å². The molecule has 2 heterocycles. The lowest BCUT2D eigenvalue weighted by Gasteiger charge is -2.27. The molecule has 0 unspecified atom stereocenters. The lowest BCUT2D eigenvalue weighted by Crippen LogP contribution is -2.10. The van der Waals surface area contributed by atoms with Crippen molar-refractivity contribution in [3.63, 3.8) is 0 Å². The molecule has 11 rings (SSSR count). The molecule has 0 aliphatic carbocycles. The van der Waals surface area contributed by atoms with E-state index < -0.39 is 0 Å². The van der Waals surface area contributed by atoms with Gasteiger partial charge in [0, 0.05) is 48.0 Å². The smallest absolute Gasteiger partial charge is 0.136 e. The van der Waals surface area contributed by atoms with Gasteiger partial charge in [-0.25, -0.2) is 0 Å². The Morgan fingerprint density at radius 1 is 0.327 bits per heavy atom. The zero-order valence-corrected chi connectivity index (χ0v) is 30.6. The molecule has 55 heavy (non-hydrogen) atoms. The predicted octanol–water partition coefficient (Wildman–Crippen LogP) is 15.6. The molecule has 2 aromatic heterocycles. The van der Waals surface area contributed by atoms with Crippen molar-refractivity contribution in [3.8, 4) is 33.4 Å². The zero-order valence-electron chi connectivity index (χ0n) is 29.8. The van der Waals surface area contributed by atoms with Crippen LogP contribution in [-0.4, -0.2) is 0 Å². The Kier molecular flexibility index (Phi) is 7.39. The number of furan rings is 1. The molecule has 258 valence electrons. The maximum Gasteiger partial charge on any atom is 0.136 e. The molecule has 0 saturated heterocycles. The number of para-hydroxylation sites is 1. The molecule has 9 aromatic carbocycles. The van der Waals surface area contributed by atoms with Crippen LogP contribution in [0.15, 0.2) is 205 Å². The van der Waals surface area contributed by atoms with Crippen LogP contribution in [0.2, 0.25) is 0 Å². The molecule has 0 fully saturated rings. The van der Waals surface area contributed by atoms with E-state index >= 15 is 0 Å². The summed E-state index contributed by atoms with van der Waals surface area (Å²) in [7, 11) is 0. The van der Waals surface area contributed by atoms with E-state index in [1.807, 2.05) is 23.5 Å². The summed E-state index contributed by atoms with van der Waals surface area (Å²) in [5.41, 5.74) is 12.1. The number of rotatable bonds is 6. The van der Waals surface area contributed by atoms with Gasteiger partial charge in [-0.1, -0.05) is 127 Å². The second-order valence-corrected chi connectivity index (χ2v) is 15.2. The molecule has 0 bridgehead atoms. The highest BCUT2D eigenvalue weighted by molar-refractivity contribution is 7.25. The molecule has 0 saturated carbocycles. The predicted molar refractivity (Wildman–Crippen MR) is 235 cm³/mol. The Hall–Kier alpha value is -6.94. The quantitative estimate of drug-likeness (QED) is 0.170. The molecule has 3 heteroatoms. The van der Waals surface area contributed by atoms with Gasteiger partial charge >= 0.3 is 0 Å². The number of fused-ring (bicyclic) bond motifs is 7. The van der Waals surface area contributed by atoms with Crippen molar-refractivity contribution in [2.45, 2.75) is 0 Å². The maximum absolute atomic E-state index is 6.30. The van der Waals surface area contributed by atoms with E-state index in [2.05, 4.69) is 193 Å².